The first-order valence-electron chi connectivity index (χ1n) is 14.6. The number of hydrogen-bond donors (Lipinski definition) is 2. The van der Waals surface area contributed by atoms with Crippen molar-refractivity contribution in [3.63, 3.8) is 0 Å². The fourth-order valence-electron chi connectivity index (χ4n) is 5.29. The van der Waals surface area contributed by atoms with Crippen molar-refractivity contribution in [3.8, 4) is 11.5 Å². The minimum absolute atomic E-state index is 0.0672. The summed E-state index contributed by atoms with van der Waals surface area (Å²) < 4.78 is 31.2. The zero-order valence-electron chi connectivity index (χ0n) is 25.0. The summed E-state index contributed by atoms with van der Waals surface area (Å²) >= 11 is 1.66. The summed E-state index contributed by atoms with van der Waals surface area (Å²) in [6.45, 7) is 3.19. The van der Waals surface area contributed by atoms with Gasteiger partial charge in [0.2, 0.25) is 10.0 Å². The lowest BCUT2D eigenvalue weighted by Crippen LogP contribution is -2.48. The van der Waals surface area contributed by atoms with Crippen LogP contribution in [0.25, 0.3) is 0 Å². The monoisotopic (exact) mass is 630 g/mol. The van der Waals surface area contributed by atoms with Gasteiger partial charge in [0, 0.05) is 48.5 Å². The van der Waals surface area contributed by atoms with Crippen molar-refractivity contribution in [1.82, 2.24) is 9.80 Å². The number of thioether (sulfide) groups is 1. The zero-order valence-corrected chi connectivity index (χ0v) is 26.6. The van der Waals surface area contributed by atoms with Crippen molar-refractivity contribution in [3.05, 3.63) is 114 Å². The Morgan fingerprint density at radius 1 is 0.864 bits per heavy atom. The number of rotatable bonds is 11. The fourth-order valence-corrected chi connectivity index (χ4v) is 6.32. The van der Waals surface area contributed by atoms with E-state index in [0.29, 0.717) is 23.7 Å². The standard InChI is InChI=1S/C34H38N4O4S2/c1-43-33-10-6-9-29(23-33)35-34(39)38(25-26-7-4-3-5-8-26)30-19-21-37(22-20-30)24-27-11-15-31(16-12-27)42-32-17-13-28(14-18-32)36-44(2,40)41/h3-18,23,30,36H,19-22,24-25H2,1-2H3,(H,35,39). The lowest BCUT2D eigenvalue weighted by molar-refractivity contribution is 0.120. The number of carbonyl (C=O) groups excluding carboxylic acids is 1. The van der Waals surface area contributed by atoms with E-state index in [0.717, 1.165) is 54.9 Å². The van der Waals surface area contributed by atoms with E-state index in [1.54, 1.807) is 36.0 Å². The van der Waals surface area contributed by atoms with Gasteiger partial charge in [0.25, 0.3) is 0 Å². The zero-order chi connectivity index (χ0) is 30.9. The van der Waals surface area contributed by atoms with Crippen LogP contribution in [0.2, 0.25) is 0 Å². The molecule has 2 amide bonds. The van der Waals surface area contributed by atoms with Gasteiger partial charge in [0.15, 0.2) is 0 Å². The maximum Gasteiger partial charge on any atom is 0.322 e. The number of anilines is 2. The van der Waals surface area contributed by atoms with Gasteiger partial charge < -0.3 is 15.0 Å². The molecule has 0 aromatic heterocycles. The summed E-state index contributed by atoms with van der Waals surface area (Å²) in [5.74, 6) is 1.34. The van der Waals surface area contributed by atoms with Gasteiger partial charge >= 0.3 is 6.03 Å². The molecule has 5 rings (SSSR count). The molecule has 0 atom stereocenters. The third kappa shape index (κ3) is 9.25. The Hall–Kier alpha value is -3.99. The molecule has 230 valence electrons. The number of sulfonamides is 1. The molecule has 1 fully saturated rings. The number of amides is 2. The van der Waals surface area contributed by atoms with E-state index in [4.69, 9.17) is 4.74 Å². The molecule has 0 saturated carbocycles. The van der Waals surface area contributed by atoms with E-state index in [-0.39, 0.29) is 12.1 Å². The number of urea groups is 1. The average molecular weight is 631 g/mol. The Kier molecular flexibility index (Phi) is 10.5. The smallest absolute Gasteiger partial charge is 0.322 e. The topological polar surface area (TPSA) is 91.0 Å². The molecule has 44 heavy (non-hydrogen) atoms. The minimum atomic E-state index is -3.32. The molecule has 1 aliphatic heterocycles. The van der Waals surface area contributed by atoms with Crippen molar-refractivity contribution in [2.45, 2.75) is 36.9 Å². The van der Waals surface area contributed by atoms with Gasteiger partial charge in [-0.1, -0.05) is 48.5 Å². The molecule has 10 heteroatoms. The van der Waals surface area contributed by atoms with Crippen LogP contribution in [-0.2, 0) is 23.1 Å². The highest BCUT2D eigenvalue weighted by molar-refractivity contribution is 7.98. The van der Waals surface area contributed by atoms with Crippen molar-refractivity contribution in [1.29, 1.82) is 0 Å². The van der Waals surface area contributed by atoms with E-state index in [2.05, 4.69) is 39.2 Å². The maximum absolute atomic E-state index is 13.6. The molecule has 8 nitrogen and oxygen atoms in total. The van der Waals surface area contributed by atoms with Crippen LogP contribution in [0, 0.1) is 0 Å². The van der Waals surface area contributed by atoms with Crippen molar-refractivity contribution in [2.24, 2.45) is 0 Å². The average Bonchev–Trinajstić information content (AvgIpc) is 3.02. The molecule has 0 radical (unpaired) electrons. The lowest BCUT2D eigenvalue weighted by atomic mass is 10.0. The van der Waals surface area contributed by atoms with Gasteiger partial charge in [-0.05, 0) is 84.8 Å². The van der Waals surface area contributed by atoms with E-state index >= 15 is 0 Å². The Morgan fingerprint density at radius 3 is 2.16 bits per heavy atom. The Labute approximate surface area is 264 Å². The van der Waals surface area contributed by atoms with Crippen molar-refractivity contribution in [2.75, 3.05) is 35.6 Å². The molecular formula is C34H38N4O4S2. The first kappa shape index (κ1) is 31.4. The second kappa shape index (κ2) is 14.7. The van der Waals surface area contributed by atoms with Crippen LogP contribution in [0.1, 0.15) is 24.0 Å². The summed E-state index contributed by atoms with van der Waals surface area (Å²) in [6.07, 6.45) is 4.95. The molecule has 2 N–H and O–H groups in total. The quantitative estimate of drug-likeness (QED) is 0.169. The summed E-state index contributed by atoms with van der Waals surface area (Å²) in [5.41, 5.74) is 3.61. The second-order valence-electron chi connectivity index (χ2n) is 10.9. The Balaban J connectivity index is 1.16. The Morgan fingerprint density at radius 2 is 1.52 bits per heavy atom. The van der Waals surface area contributed by atoms with Crippen LogP contribution in [0.3, 0.4) is 0 Å². The molecule has 0 bridgehead atoms. The van der Waals surface area contributed by atoms with E-state index in [9.17, 15) is 13.2 Å². The largest absolute Gasteiger partial charge is 0.457 e. The fraction of sp³-hybridized carbons (Fsp3) is 0.265. The van der Waals surface area contributed by atoms with Gasteiger partial charge in [-0.25, -0.2) is 13.2 Å². The third-order valence-electron chi connectivity index (χ3n) is 7.50. The van der Waals surface area contributed by atoms with Gasteiger partial charge in [-0.2, -0.15) is 0 Å². The number of hydrogen-bond acceptors (Lipinski definition) is 6. The van der Waals surface area contributed by atoms with Crippen molar-refractivity contribution >= 4 is 39.2 Å². The summed E-state index contributed by atoms with van der Waals surface area (Å²) in [5, 5.41) is 3.14. The van der Waals surface area contributed by atoms with Crippen LogP contribution >= 0.6 is 11.8 Å². The predicted molar refractivity (Wildman–Crippen MR) is 179 cm³/mol. The molecule has 0 aliphatic carbocycles. The summed E-state index contributed by atoms with van der Waals surface area (Å²) in [4.78, 5) is 19.1. The minimum Gasteiger partial charge on any atom is -0.457 e. The first-order chi connectivity index (χ1) is 21.2. The van der Waals surface area contributed by atoms with Gasteiger partial charge in [-0.15, -0.1) is 11.8 Å². The predicted octanol–water partition coefficient (Wildman–Crippen LogP) is 7.27. The van der Waals surface area contributed by atoms with Crippen LogP contribution in [0.15, 0.2) is 108 Å². The van der Waals surface area contributed by atoms with Crippen molar-refractivity contribution < 1.29 is 17.9 Å². The summed E-state index contributed by atoms with van der Waals surface area (Å²) in [7, 11) is -3.32. The normalized spacial score (nSPS) is 14.1. The number of piperidine rings is 1. The van der Waals surface area contributed by atoms with Crippen LogP contribution in [-0.4, -0.2) is 55.9 Å². The van der Waals surface area contributed by atoms with Crippen LogP contribution < -0.4 is 14.8 Å². The Bertz CT molecular complexity index is 1620. The molecule has 0 spiro atoms. The van der Waals surface area contributed by atoms with E-state index < -0.39 is 10.0 Å². The lowest BCUT2D eigenvalue weighted by Gasteiger charge is -2.38. The maximum atomic E-state index is 13.6. The van der Waals surface area contributed by atoms with Gasteiger partial charge in [0.05, 0.1) is 6.26 Å². The number of ether oxygens (including phenoxy) is 1. The molecule has 1 saturated heterocycles. The van der Waals surface area contributed by atoms with E-state index in [1.807, 2.05) is 65.8 Å². The number of nitrogens with zero attached hydrogens (tertiary/aromatic N) is 2. The molecule has 4 aromatic rings. The molecule has 4 aromatic carbocycles. The van der Waals surface area contributed by atoms with Crippen LogP contribution in [0.5, 0.6) is 11.5 Å². The highest BCUT2D eigenvalue weighted by atomic mass is 32.2. The molecule has 1 heterocycles. The van der Waals surface area contributed by atoms with Gasteiger partial charge in [-0.3, -0.25) is 9.62 Å². The number of nitrogens with one attached hydrogen (secondary N) is 2. The summed E-state index contributed by atoms with van der Waals surface area (Å²) in [6, 6.07) is 33.0. The van der Waals surface area contributed by atoms with E-state index in [1.165, 1.54) is 5.56 Å². The van der Waals surface area contributed by atoms with Crippen LogP contribution in [0.4, 0.5) is 16.2 Å². The number of likely N-dealkylation sites (tertiary alicyclic amines) is 1. The van der Waals surface area contributed by atoms with Gasteiger partial charge in [0.1, 0.15) is 11.5 Å². The third-order valence-corrected chi connectivity index (χ3v) is 8.83. The highest BCUT2D eigenvalue weighted by Gasteiger charge is 2.28. The SMILES string of the molecule is CSc1cccc(NC(=O)N(Cc2ccccc2)C2CCN(Cc3ccc(Oc4ccc(NS(C)(=O)=O)cc4)cc3)CC2)c1. The molecular weight excluding hydrogens is 593 g/mol. The molecule has 1 aliphatic rings. The molecule has 0 unspecified atom stereocenters. The first-order valence-corrected chi connectivity index (χ1v) is 17.7. The second-order valence-corrected chi connectivity index (χ2v) is 13.6. The highest BCUT2D eigenvalue weighted by Crippen LogP contribution is 2.26. The number of benzene rings is 4. The number of carbonyl (C=O) groups is 1.